The van der Waals surface area contributed by atoms with Gasteiger partial charge in [0.1, 0.15) is 24.4 Å². The standard InChI is InChI=1S/C17H26N2O4/c1-4-8-19(9-5-2)10-6-7-15(11-18)17(20)22-13-16-12-21-14(3)23-16/h6-7,10,14,16H,4-5,8-9,12-13H2,1-3H3/b10-6+,15-7+. The number of carbonyl (C=O) groups excluding carboxylic acids is 1. The van der Waals surface area contributed by atoms with E-state index in [0.717, 1.165) is 25.9 Å². The van der Waals surface area contributed by atoms with Crippen molar-refractivity contribution >= 4 is 5.97 Å². The molecule has 23 heavy (non-hydrogen) atoms. The fraction of sp³-hybridized carbons (Fsp3) is 0.647. The maximum absolute atomic E-state index is 11.9. The molecule has 1 fully saturated rings. The van der Waals surface area contributed by atoms with Crippen molar-refractivity contribution in [1.82, 2.24) is 4.90 Å². The van der Waals surface area contributed by atoms with E-state index in [4.69, 9.17) is 19.5 Å². The third kappa shape index (κ3) is 7.31. The highest BCUT2D eigenvalue weighted by Crippen LogP contribution is 2.11. The number of nitrogens with zero attached hydrogens (tertiary/aromatic N) is 2. The van der Waals surface area contributed by atoms with E-state index in [0.29, 0.717) is 6.61 Å². The zero-order valence-corrected chi connectivity index (χ0v) is 14.2. The summed E-state index contributed by atoms with van der Waals surface area (Å²) in [6.07, 6.45) is 6.63. The summed E-state index contributed by atoms with van der Waals surface area (Å²) >= 11 is 0. The highest BCUT2D eigenvalue weighted by atomic mass is 16.7. The van der Waals surface area contributed by atoms with Crippen LogP contribution in [-0.2, 0) is 19.0 Å². The first kappa shape index (κ1) is 19.2. The summed E-state index contributed by atoms with van der Waals surface area (Å²) in [6.45, 7) is 8.38. The molecule has 0 saturated carbocycles. The minimum absolute atomic E-state index is 0.0267. The van der Waals surface area contributed by atoms with Gasteiger partial charge >= 0.3 is 5.97 Å². The molecule has 6 nitrogen and oxygen atoms in total. The van der Waals surface area contributed by atoms with Crippen LogP contribution in [0.2, 0.25) is 0 Å². The lowest BCUT2D eigenvalue weighted by molar-refractivity contribution is -0.142. The number of esters is 1. The normalized spacial score (nSPS) is 21.4. The number of hydrogen-bond donors (Lipinski definition) is 0. The van der Waals surface area contributed by atoms with Crippen molar-refractivity contribution < 1.29 is 19.0 Å². The van der Waals surface area contributed by atoms with Crippen LogP contribution in [0, 0.1) is 11.3 Å². The molecule has 2 unspecified atom stereocenters. The summed E-state index contributed by atoms with van der Waals surface area (Å²) in [5.41, 5.74) is -0.0267. The highest BCUT2D eigenvalue weighted by Gasteiger charge is 2.24. The van der Waals surface area contributed by atoms with Gasteiger partial charge in [-0.05, 0) is 38.1 Å². The second-order valence-electron chi connectivity index (χ2n) is 5.33. The number of ether oxygens (including phenoxy) is 3. The Balaban J connectivity index is 2.49. The van der Waals surface area contributed by atoms with Crippen LogP contribution in [0.4, 0.5) is 0 Å². The quantitative estimate of drug-likeness (QED) is 0.281. The summed E-state index contributed by atoms with van der Waals surface area (Å²) in [5, 5.41) is 9.08. The molecule has 1 rings (SSSR count). The summed E-state index contributed by atoms with van der Waals surface area (Å²) in [7, 11) is 0. The minimum atomic E-state index is -0.641. The summed E-state index contributed by atoms with van der Waals surface area (Å²) in [6, 6.07) is 1.87. The largest absolute Gasteiger partial charge is 0.459 e. The molecule has 0 aromatic rings. The van der Waals surface area contributed by atoms with E-state index in [1.165, 1.54) is 6.08 Å². The van der Waals surface area contributed by atoms with Crippen molar-refractivity contribution in [2.24, 2.45) is 0 Å². The van der Waals surface area contributed by atoms with Gasteiger partial charge in [-0.15, -0.1) is 0 Å². The monoisotopic (exact) mass is 322 g/mol. The van der Waals surface area contributed by atoms with E-state index in [1.807, 2.05) is 12.3 Å². The molecule has 0 N–H and O–H groups in total. The number of hydrogen-bond acceptors (Lipinski definition) is 6. The molecule has 0 bridgehead atoms. The molecule has 1 saturated heterocycles. The van der Waals surface area contributed by atoms with Gasteiger partial charge in [0.25, 0.3) is 0 Å². The van der Waals surface area contributed by atoms with Crippen LogP contribution in [0.15, 0.2) is 23.9 Å². The molecular weight excluding hydrogens is 296 g/mol. The average Bonchev–Trinajstić information content (AvgIpc) is 2.95. The number of nitriles is 1. The molecule has 0 spiro atoms. The van der Waals surface area contributed by atoms with Crippen LogP contribution in [0.5, 0.6) is 0 Å². The predicted octanol–water partition coefficient (Wildman–Crippen LogP) is 2.38. The van der Waals surface area contributed by atoms with Crippen LogP contribution in [-0.4, -0.2) is 49.6 Å². The molecule has 0 aliphatic carbocycles. The van der Waals surface area contributed by atoms with Gasteiger partial charge in [-0.2, -0.15) is 5.26 Å². The van der Waals surface area contributed by atoms with Gasteiger partial charge in [0, 0.05) is 13.1 Å². The van der Waals surface area contributed by atoms with Crippen LogP contribution >= 0.6 is 0 Å². The van der Waals surface area contributed by atoms with Gasteiger partial charge < -0.3 is 19.1 Å². The van der Waals surface area contributed by atoms with Crippen molar-refractivity contribution in [3.05, 3.63) is 23.9 Å². The molecule has 0 aromatic heterocycles. The second-order valence-corrected chi connectivity index (χ2v) is 5.33. The van der Waals surface area contributed by atoms with Crippen molar-refractivity contribution in [3.63, 3.8) is 0 Å². The maximum Gasteiger partial charge on any atom is 0.348 e. The Labute approximate surface area is 138 Å². The molecule has 128 valence electrons. The molecule has 0 amide bonds. The highest BCUT2D eigenvalue weighted by molar-refractivity contribution is 5.93. The Kier molecular flexibility index (Phi) is 9.03. The third-order valence-corrected chi connectivity index (χ3v) is 3.22. The molecule has 6 heteroatoms. The van der Waals surface area contributed by atoms with E-state index in [9.17, 15) is 4.79 Å². The van der Waals surface area contributed by atoms with Gasteiger partial charge in [0.2, 0.25) is 0 Å². The van der Waals surface area contributed by atoms with Gasteiger partial charge in [0.05, 0.1) is 6.61 Å². The molecule has 1 aliphatic rings. The number of allylic oxidation sites excluding steroid dienone is 2. The average molecular weight is 322 g/mol. The Bertz CT molecular complexity index is 462. The number of rotatable bonds is 9. The predicted molar refractivity (Wildman–Crippen MR) is 86.2 cm³/mol. The van der Waals surface area contributed by atoms with Gasteiger partial charge in [-0.1, -0.05) is 13.8 Å². The topological polar surface area (TPSA) is 71.8 Å². The molecule has 0 aromatic carbocycles. The van der Waals surface area contributed by atoms with Crippen molar-refractivity contribution in [1.29, 1.82) is 5.26 Å². The zero-order valence-electron chi connectivity index (χ0n) is 14.2. The lowest BCUT2D eigenvalue weighted by Crippen LogP contribution is -2.21. The molecule has 2 atom stereocenters. The van der Waals surface area contributed by atoms with Crippen LogP contribution in [0.1, 0.15) is 33.6 Å². The third-order valence-electron chi connectivity index (χ3n) is 3.22. The van der Waals surface area contributed by atoms with E-state index in [2.05, 4.69) is 18.7 Å². The van der Waals surface area contributed by atoms with Gasteiger partial charge in [-0.3, -0.25) is 0 Å². The maximum atomic E-state index is 11.9. The van der Waals surface area contributed by atoms with Gasteiger partial charge in [0.15, 0.2) is 6.29 Å². The van der Waals surface area contributed by atoms with E-state index >= 15 is 0 Å². The molecule has 1 heterocycles. The first-order chi connectivity index (χ1) is 11.1. The fourth-order valence-corrected chi connectivity index (χ4v) is 2.17. The molecular formula is C17H26N2O4. The van der Waals surface area contributed by atoms with Crippen molar-refractivity contribution in [2.45, 2.75) is 46.0 Å². The van der Waals surface area contributed by atoms with E-state index < -0.39 is 5.97 Å². The SMILES string of the molecule is CCCN(/C=C/C=C(\C#N)C(=O)OCC1COC(C)O1)CCC. The van der Waals surface area contributed by atoms with E-state index in [-0.39, 0.29) is 24.6 Å². The fourth-order valence-electron chi connectivity index (χ4n) is 2.17. The minimum Gasteiger partial charge on any atom is -0.459 e. The van der Waals surface area contributed by atoms with Gasteiger partial charge in [-0.25, -0.2) is 4.79 Å². The lowest BCUT2D eigenvalue weighted by atomic mass is 10.2. The van der Waals surface area contributed by atoms with Crippen molar-refractivity contribution in [2.75, 3.05) is 26.3 Å². The Hall–Kier alpha value is -1.84. The Morgan fingerprint density at radius 3 is 2.61 bits per heavy atom. The van der Waals surface area contributed by atoms with Crippen LogP contribution in [0.25, 0.3) is 0 Å². The van der Waals surface area contributed by atoms with Crippen molar-refractivity contribution in [3.8, 4) is 6.07 Å². The Morgan fingerprint density at radius 2 is 2.09 bits per heavy atom. The molecule has 1 aliphatic heterocycles. The Morgan fingerprint density at radius 1 is 1.39 bits per heavy atom. The number of carbonyl (C=O) groups is 1. The van der Waals surface area contributed by atoms with Crippen LogP contribution in [0.3, 0.4) is 0 Å². The summed E-state index contributed by atoms with van der Waals surface area (Å²) in [4.78, 5) is 14.0. The lowest BCUT2D eigenvalue weighted by Gasteiger charge is -2.17. The smallest absolute Gasteiger partial charge is 0.348 e. The first-order valence-electron chi connectivity index (χ1n) is 8.07. The first-order valence-corrected chi connectivity index (χ1v) is 8.07. The van der Waals surface area contributed by atoms with Crippen LogP contribution < -0.4 is 0 Å². The molecule has 0 radical (unpaired) electrons. The summed E-state index contributed by atoms with van der Waals surface area (Å²) in [5.74, 6) is -0.641. The second kappa shape index (κ2) is 10.8. The summed E-state index contributed by atoms with van der Waals surface area (Å²) < 4.78 is 15.7. The zero-order chi connectivity index (χ0) is 17.1. The van der Waals surface area contributed by atoms with E-state index in [1.54, 1.807) is 13.0 Å².